The highest BCUT2D eigenvalue weighted by Crippen LogP contribution is 2.21. The van der Waals surface area contributed by atoms with Crippen LogP contribution in [0.2, 0.25) is 0 Å². The summed E-state index contributed by atoms with van der Waals surface area (Å²) in [6.07, 6.45) is -4.52. The summed E-state index contributed by atoms with van der Waals surface area (Å²) < 4.78 is 49.4. The Balaban J connectivity index is 2.44. The maximum Gasteiger partial charge on any atom is 0.390 e. The lowest BCUT2D eigenvalue weighted by atomic mass is 10.1. The minimum atomic E-state index is -4.16. The zero-order chi connectivity index (χ0) is 13.8. The molecule has 0 saturated heterocycles. The molecule has 1 N–H and O–H groups in total. The fraction of sp³-hybridized carbons (Fsp3) is 0.538. The van der Waals surface area contributed by atoms with E-state index in [1.165, 1.54) is 19.1 Å². The van der Waals surface area contributed by atoms with Crippen LogP contribution in [0.4, 0.5) is 17.6 Å². The number of rotatable bonds is 5. The molecule has 0 aliphatic rings. The quantitative estimate of drug-likeness (QED) is 0.799. The zero-order valence-electron chi connectivity index (χ0n) is 10.4. The summed E-state index contributed by atoms with van der Waals surface area (Å²) in [5, 5.41) is 2.86. The molecule has 0 aromatic heterocycles. The molecule has 2 atom stereocenters. The van der Waals surface area contributed by atoms with E-state index in [0.717, 1.165) is 5.56 Å². The van der Waals surface area contributed by atoms with Crippen LogP contribution < -0.4 is 5.32 Å². The van der Waals surface area contributed by atoms with E-state index in [-0.39, 0.29) is 11.9 Å². The van der Waals surface area contributed by atoms with E-state index in [0.29, 0.717) is 6.42 Å². The SMILES string of the molecule is CC(Cc1cccc(F)c1)NC(C)CC(F)(F)F. The van der Waals surface area contributed by atoms with Gasteiger partial charge in [-0.15, -0.1) is 0 Å². The average molecular weight is 263 g/mol. The average Bonchev–Trinajstić information content (AvgIpc) is 2.13. The van der Waals surface area contributed by atoms with Gasteiger partial charge in [0.05, 0.1) is 6.42 Å². The molecule has 1 aromatic carbocycles. The normalized spacial score (nSPS) is 15.4. The standard InChI is InChI=1S/C13H17F4N/c1-9(18-10(2)8-13(15,16)17)6-11-4-3-5-12(14)7-11/h3-5,7,9-10,18H,6,8H2,1-2H3. The number of halogens is 4. The minimum absolute atomic E-state index is 0.135. The van der Waals surface area contributed by atoms with Crippen LogP contribution in [-0.2, 0) is 6.42 Å². The van der Waals surface area contributed by atoms with Crippen LogP contribution in [0, 0.1) is 5.82 Å². The topological polar surface area (TPSA) is 12.0 Å². The van der Waals surface area contributed by atoms with Crippen molar-refractivity contribution in [1.29, 1.82) is 0 Å². The Morgan fingerprint density at radius 1 is 1.17 bits per heavy atom. The number of benzene rings is 1. The number of nitrogens with one attached hydrogen (secondary N) is 1. The van der Waals surface area contributed by atoms with Crippen LogP contribution >= 0.6 is 0 Å². The fourth-order valence-electron chi connectivity index (χ4n) is 1.97. The summed E-state index contributed by atoms with van der Waals surface area (Å²) in [5.74, 6) is -0.331. The van der Waals surface area contributed by atoms with Gasteiger partial charge >= 0.3 is 6.18 Å². The first-order chi connectivity index (χ1) is 8.26. The van der Waals surface area contributed by atoms with Crippen molar-refractivity contribution in [1.82, 2.24) is 5.32 Å². The van der Waals surface area contributed by atoms with Gasteiger partial charge in [0.1, 0.15) is 5.82 Å². The van der Waals surface area contributed by atoms with Crippen LogP contribution in [0.25, 0.3) is 0 Å². The van der Waals surface area contributed by atoms with E-state index in [2.05, 4.69) is 5.32 Å². The highest BCUT2D eigenvalue weighted by molar-refractivity contribution is 5.17. The summed E-state index contributed by atoms with van der Waals surface area (Å²) in [7, 11) is 0. The van der Waals surface area contributed by atoms with Crippen molar-refractivity contribution < 1.29 is 17.6 Å². The van der Waals surface area contributed by atoms with Gasteiger partial charge in [-0.2, -0.15) is 13.2 Å². The Labute approximate surface area is 104 Å². The second kappa shape index (κ2) is 6.18. The van der Waals surface area contributed by atoms with Crippen molar-refractivity contribution in [2.24, 2.45) is 0 Å². The maximum absolute atomic E-state index is 12.9. The van der Waals surface area contributed by atoms with Crippen molar-refractivity contribution in [3.05, 3.63) is 35.6 Å². The first-order valence-corrected chi connectivity index (χ1v) is 5.83. The van der Waals surface area contributed by atoms with Gasteiger partial charge in [-0.25, -0.2) is 4.39 Å². The largest absolute Gasteiger partial charge is 0.390 e. The molecule has 1 nitrogen and oxygen atoms in total. The molecule has 2 unspecified atom stereocenters. The van der Waals surface area contributed by atoms with Crippen molar-refractivity contribution >= 4 is 0 Å². The Hall–Kier alpha value is -1.10. The van der Waals surface area contributed by atoms with Crippen LogP contribution in [0.3, 0.4) is 0 Å². The lowest BCUT2D eigenvalue weighted by Crippen LogP contribution is -2.38. The second-order valence-electron chi connectivity index (χ2n) is 4.62. The van der Waals surface area contributed by atoms with Crippen LogP contribution in [0.15, 0.2) is 24.3 Å². The molecule has 0 amide bonds. The molecule has 5 heteroatoms. The predicted octanol–water partition coefficient (Wildman–Crippen LogP) is 3.69. The third-order valence-corrected chi connectivity index (χ3v) is 2.54. The van der Waals surface area contributed by atoms with Crippen LogP contribution in [0.1, 0.15) is 25.8 Å². The number of alkyl halides is 3. The summed E-state index contributed by atoms with van der Waals surface area (Å²) in [6, 6.07) is 5.31. The predicted molar refractivity (Wildman–Crippen MR) is 62.8 cm³/mol. The van der Waals surface area contributed by atoms with Gasteiger partial charge in [0.15, 0.2) is 0 Å². The molecule has 0 saturated carbocycles. The lowest BCUT2D eigenvalue weighted by Gasteiger charge is -2.21. The molecular weight excluding hydrogens is 246 g/mol. The molecule has 0 aliphatic heterocycles. The highest BCUT2D eigenvalue weighted by Gasteiger charge is 2.30. The van der Waals surface area contributed by atoms with Gasteiger partial charge in [0.25, 0.3) is 0 Å². The molecule has 0 aliphatic carbocycles. The Morgan fingerprint density at radius 2 is 1.83 bits per heavy atom. The molecular formula is C13H17F4N. The van der Waals surface area contributed by atoms with E-state index >= 15 is 0 Å². The van der Waals surface area contributed by atoms with Gasteiger partial charge in [0, 0.05) is 12.1 Å². The van der Waals surface area contributed by atoms with E-state index in [1.807, 2.05) is 0 Å². The van der Waals surface area contributed by atoms with Crippen molar-refractivity contribution in [3.63, 3.8) is 0 Å². The third-order valence-electron chi connectivity index (χ3n) is 2.54. The van der Waals surface area contributed by atoms with Crippen LogP contribution in [-0.4, -0.2) is 18.3 Å². The molecule has 1 aromatic rings. The molecule has 1 rings (SSSR count). The van der Waals surface area contributed by atoms with Gasteiger partial charge in [-0.3, -0.25) is 0 Å². The number of hydrogen-bond acceptors (Lipinski definition) is 1. The van der Waals surface area contributed by atoms with Crippen LogP contribution in [0.5, 0.6) is 0 Å². The summed E-state index contributed by atoms with van der Waals surface area (Å²) in [6.45, 7) is 3.29. The first-order valence-electron chi connectivity index (χ1n) is 5.83. The summed E-state index contributed by atoms with van der Waals surface area (Å²) in [4.78, 5) is 0. The maximum atomic E-state index is 12.9. The fourth-order valence-corrected chi connectivity index (χ4v) is 1.97. The zero-order valence-corrected chi connectivity index (χ0v) is 10.4. The summed E-state index contributed by atoms with van der Waals surface area (Å²) in [5.41, 5.74) is 0.772. The van der Waals surface area contributed by atoms with Crippen molar-refractivity contribution in [3.8, 4) is 0 Å². The first kappa shape index (κ1) is 15.0. The Kier molecular flexibility index (Phi) is 5.14. The molecule has 0 spiro atoms. The molecule has 102 valence electrons. The molecule has 0 heterocycles. The van der Waals surface area contributed by atoms with Gasteiger partial charge in [0.2, 0.25) is 0 Å². The molecule has 0 bridgehead atoms. The van der Waals surface area contributed by atoms with E-state index in [9.17, 15) is 17.6 Å². The number of hydrogen-bond donors (Lipinski definition) is 1. The van der Waals surface area contributed by atoms with E-state index in [4.69, 9.17) is 0 Å². The summed E-state index contributed by atoms with van der Waals surface area (Å²) >= 11 is 0. The molecule has 0 radical (unpaired) electrons. The van der Waals surface area contributed by atoms with Crippen molar-refractivity contribution in [2.45, 2.75) is 44.9 Å². The Bertz CT molecular complexity index is 375. The lowest BCUT2D eigenvalue weighted by molar-refractivity contribution is -0.139. The van der Waals surface area contributed by atoms with Gasteiger partial charge in [-0.1, -0.05) is 12.1 Å². The smallest absolute Gasteiger partial charge is 0.311 e. The highest BCUT2D eigenvalue weighted by atomic mass is 19.4. The Morgan fingerprint density at radius 3 is 2.39 bits per heavy atom. The van der Waals surface area contributed by atoms with Gasteiger partial charge < -0.3 is 5.32 Å². The van der Waals surface area contributed by atoms with E-state index in [1.54, 1.807) is 19.1 Å². The monoisotopic (exact) mass is 263 g/mol. The van der Waals surface area contributed by atoms with Gasteiger partial charge in [-0.05, 0) is 38.0 Å². The molecule has 18 heavy (non-hydrogen) atoms. The third kappa shape index (κ3) is 6.00. The second-order valence-corrected chi connectivity index (χ2v) is 4.62. The molecule has 0 fully saturated rings. The minimum Gasteiger partial charge on any atom is -0.311 e. The van der Waals surface area contributed by atoms with E-state index < -0.39 is 18.6 Å². The van der Waals surface area contributed by atoms with Crippen molar-refractivity contribution in [2.75, 3.05) is 0 Å².